The van der Waals surface area contributed by atoms with Gasteiger partial charge in [0.1, 0.15) is 12.6 Å². The van der Waals surface area contributed by atoms with E-state index in [1.54, 1.807) is 0 Å². The minimum Gasteiger partial charge on any atom is -0.318 e. The molecule has 78 valence electrons. The van der Waals surface area contributed by atoms with Crippen LogP contribution in [0.25, 0.3) is 0 Å². The molecule has 4 nitrogen and oxygen atoms in total. The van der Waals surface area contributed by atoms with Crippen LogP contribution in [0.1, 0.15) is 0 Å². The monoisotopic (exact) mass is 220 g/mol. The van der Waals surface area contributed by atoms with Gasteiger partial charge in [0.2, 0.25) is 0 Å². The Hall–Kier alpha value is -0.530. The van der Waals surface area contributed by atoms with E-state index in [0.717, 1.165) is 0 Å². The summed E-state index contributed by atoms with van der Waals surface area (Å²) in [6.07, 6.45) is -4.44. The minimum absolute atomic E-state index is 0. The molecule has 1 aliphatic heterocycles. The number of alkyl halides is 3. The van der Waals surface area contributed by atoms with E-state index in [4.69, 9.17) is 5.73 Å². The molecule has 1 atom stereocenters. The maximum Gasteiger partial charge on any atom is 0.408 e. The molecule has 0 spiro atoms. The van der Waals surface area contributed by atoms with E-state index in [0.29, 0.717) is 0 Å². The van der Waals surface area contributed by atoms with Crippen LogP contribution in [0.15, 0.2) is 0 Å². The van der Waals surface area contributed by atoms with E-state index in [1.165, 1.54) is 0 Å². The third-order valence-corrected chi connectivity index (χ3v) is 1.30. The van der Waals surface area contributed by atoms with Gasteiger partial charge >= 0.3 is 6.18 Å². The fraction of sp³-hybridized carbons (Fsp3) is 0.800. The molecule has 1 aliphatic rings. The molecule has 1 amide bonds. The second-order valence-electron chi connectivity index (χ2n) is 2.39. The Kier molecular flexibility index (Phi) is 3.95. The molecule has 0 aromatic carbocycles. The first-order valence-electron chi connectivity index (χ1n) is 3.17. The number of hydrogen-bond donors (Lipinski definition) is 1. The van der Waals surface area contributed by atoms with Crippen LogP contribution in [0.4, 0.5) is 13.2 Å². The summed E-state index contributed by atoms with van der Waals surface area (Å²) >= 11 is 0. The number of hydroxylamine groups is 2. The Morgan fingerprint density at radius 1 is 1.62 bits per heavy atom. The topological polar surface area (TPSA) is 55.6 Å². The first kappa shape index (κ1) is 12.5. The number of amides is 1. The second-order valence-corrected chi connectivity index (χ2v) is 2.39. The molecular formula is C5H8ClF3N2O2. The van der Waals surface area contributed by atoms with Crippen LogP contribution in [0.2, 0.25) is 0 Å². The van der Waals surface area contributed by atoms with Crippen molar-refractivity contribution in [3.63, 3.8) is 0 Å². The standard InChI is InChI=1S/C5H7F3N2O2.ClH/c6-5(7,8)2-10-4(11)3(9)1-12-10;/h3H,1-2,9H2;1H/t3-;/m1./s1. The van der Waals surface area contributed by atoms with Crippen molar-refractivity contribution in [1.29, 1.82) is 0 Å². The number of nitrogens with zero attached hydrogens (tertiary/aromatic N) is 1. The highest BCUT2D eigenvalue weighted by atomic mass is 35.5. The second kappa shape index (κ2) is 4.12. The van der Waals surface area contributed by atoms with Gasteiger partial charge < -0.3 is 5.73 Å². The molecule has 2 N–H and O–H groups in total. The lowest BCUT2D eigenvalue weighted by atomic mass is 10.3. The van der Waals surface area contributed by atoms with E-state index >= 15 is 0 Å². The Balaban J connectivity index is 0.00000144. The van der Waals surface area contributed by atoms with E-state index in [1.807, 2.05) is 0 Å². The highest BCUT2D eigenvalue weighted by Crippen LogP contribution is 2.19. The number of nitrogens with two attached hydrogens (primary N) is 1. The van der Waals surface area contributed by atoms with Gasteiger partial charge in [-0.2, -0.15) is 13.2 Å². The maximum absolute atomic E-state index is 11.7. The highest BCUT2D eigenvalue weighted by molar-refractivity contribution is 5.85. The van der Waals surface area contributed by atoms with E-state index in [2.05, 4.69) is 4.84 Å². The molecule has 0 unspecified atom stereocenters. The van der Waals surface area contributed by atoms with Crippen LogP contribution >= 0.6 is 12.4 Å². The van der Waals surface area contributed by atoms with Gasteiger partial charge in [-0.1, -0.05) is 0 Å². The summed E-state index contributed by atoms with van der Waals surface area (Å²) in [5.74, 6) is -0.827. The first-order valence-corrected chi connectivity index (χ1v) is 3.17. The summed E-state index contributed by atoms with van der Waals surface area (Å²) in [4.78, 5) is 15.2. The van der Waals surface area contributed by atoms with Gasteiger partial charge in [0.05, 0.1) is 6.61 Å². The Morgan fingerprint density at radius 3 is 2.46 bits per heavy atom. The van der Waals surface area contributed by atoms with Crippen molar-refractivity contribution >= 4 is 18.3 Å². The zero-order valence-electron chi connectivity index (χ0n) is 6.37. The Bertz CT molecular complexity index is 199. The SMILES string of the molecule is Cl.N[C@@H]1CON(CC(F)(F)F)C1=O. The lowest BCUT2D eigenvalue weighted by Crippen LogP contribution is -2.39. The maximum atomic E-state index is 11.7. The normalized spacial score (nSPS) is 23.2. The highest BCUT2D eigenvalue weighted by Gasteiger charge is 2.39. The van der Waals surface area contributed by atoms with Gasteiger partial charge in [-0.05, 0) is 0 Å². The fourth-order valence-electron chi connectivity index (χ4n) is 0.777. The summed E-state index contributed by atoms with van der Waals surface area (Å²) in [5.41, 5.74) is 5.10. The van der Waals surface area contributed by atoms with Crippen molar-refractivity contribution in [3.05, 3.63) is 0 Å². The summed E-state index contributed by atoms with van der Waals surface area (Å²) in [7, 11) is 0. The van der Waals surface area contributed by atoms with Crippen LogP contribution in [-0.2, 0) is 9.63 Å². The predicted octanol–water partition coefficient (Wildman–Crippen LogP) is 0.0716. The molecule has 0 bridgehead atoms. The molecule has 0 aromatic rings. The zero-order valence-corrected chi connectivity index (χ0v) is 7.19. The largest absolute Gasteiger partial charge is 0.408 e. The Morgan fingerprint density at radius 2 is 2.15 bits per heavy atom. The Labute approximate surface area is 78.2 Å². The zero-order chi connectivity index (χ0) is 9.35. The molecule has 1 saturated heterocycles. The van der Waals surface area contributed by atoms with Crippen LogP contribution in [0.5, 0.6) is 0 Å². The van der Waals surface area contributed by atoms with E-state index in [-0.39, 0.29) is 24.1 Å². The number of carbonyl (C=O) groups is 1. The van der Waals surface area contributed by atoms with Crippen molar-refractivity contribution in [1.82, 2.24) is 5.06 Å². The fourth-order valence-corrected chi connectivity index (χ4v) is 0.777. The molecule has 1 heterocycles. The number of rotatable bonds is 1. The van der Waals surface area contributed by atoms with Crippen molar-refractivity contribution < 1.29 is 22.8 Å². The van der Waals surface area contributed by atoms with Crippen LogP contribution in [0, 0.1) is 0 Å². The molecular weight excluding hydrogens is 213 g/mol. The number of halogens is 4. The van der Waals surface area contributed by atoms with Crippen molar-refractivity contribution in [2.24, 2.45) is 5.73 Å². The average Bonchev–Trinajstić information content (AvgIpc) is 2.16. The smallest absolute Gasteiger partial charge is 0.318 e. The van der Waals surface area contributed by atoms with Gasteiger partial charge in [-0.15, -0.1) is 12.4 Å². The molecule has 1 fully saturated rings. The molecule has 13 heavy (non-hydrogen) atoms. The van der Waals surface area contributed by atoms with Gasteiger partial charge in [-0.3, -0.25) is 9.63 Å². The molecule has 0 aliphatic carbocycles. The van der Waals surface area contributed by atoms with Crippen molar-refractivity contribution in [3.8, 4) is 0 Å². The predicted molar refractivity (Wildman–Crippen MR) is 38.9 cm³/mol. The molecule has 0 radical (unpaired) electrons. The summed E-state index contributed by atoms with van der Waals surface area (Å²) < 4.78 is 35.1. The number of hydrogen-bond acceptors (Lipinski definition) is 3. The minimum atomic E-state index is -4.44. The quantitative estimate of drug-likeness (QED) is 0.681. The van der Waals surface area contributed by atoms with Gasteiger partial charge in [-0.25, -0.2) is 5.06 Å². The number of carbonyl (C=O) groups excluding carboxylic acids is 1. The molecule has 1 rings (SSSR count). The van der Waals surface area contributed by atoms with Gasteiger partial charge in [0.15, 0.2) is 0 Å². The summed E-state index contributed by atoms with van der Waals surface area (Å²) in [6.45, 7) is -1.59. The van der Waals surface area contributed by atoms with E-state index < -0.39 is 24.7 Å². The third-order valence-electron chi connectivity index (χ3n) is 1.30. The molecule has 0 aromatic heterocycles. The van der Waals surface area contributed by atoms with Crippen molar-refractivity contribution in [2.45, 2.75) is 12.2 Å². The average molecular weight is 221 g/mol. The summed E-state index contributed by atoms with van der Waals surface area (Å²) in [5, 5.41) is 0.241. The van der Waals surface area contributed by atoms with Gasteiger partial charge in [0, 0.05) is 0 Å². The summed E-state index contributed by atoms with van der Waals surface area (Å²) in [6, 6.07) is -0.965. The lowest BCUT2D eigenvalue weighted by molar-refractivity contribution is -0.214. The first-order chi connectivity index (χ1) is 5.40. The van der Waals surface area contributed by atoms with E-state index in [9.17, 15) is 18.0 Å². The van der Waals surface area contributed by atoms with Crippen LogP contribution in [0.3, 0.4) is 0 Å². The molecule has 8 heteroatoms. The lowest BCUT2D eigenvalue weighted by Gasteiger charge is -2.15. The van der Waals surface area contributed by atoms with Crippen LogP contribution < -0.4 is 5.73 Å². The van der Waals surface area contributed by atoms with Gasteiger partial charge in [0.25, 0.3) is 5.91 Å². The molecule has 0 saturated carbocycles. The van der Waals surface area contributed by atoms with Crippen molar-refractivity contribution in [2.75, 3.05) is 13.2 Å². The van der Waals surface area contributed by atoms with Crippen LogP contribution in [-0.4, -0.2) is 36.3 Å². The third kappa shape index (κ3) is 3.37.